The first-order valence-electron chi connectivity index (χ1n) is 9.72. The standard InChI is InChI=1S/C25H31NO3/c1-17(2)20-11-13-23(14-12-20)28-16-19(5)29-24(27)26-25(6,7)22-10-8-9-21(15-22)18(3)4/h8-15,19H,1,3,16H2,2,4-7H3,(H,26,27). The van der Waals surface area contributed by atoms with Crippen LogP contribution in [0.3, 0.4) is 0 Å². The maximum Gasteiger partial charge on any atom is 0.408 e. The van der Waals surface area contributed by atoms with Crippen LogP contribution in [0.4, 0.5) is 4.79 Å². The molecule has 0 aliphatic heterocycles. The number of hydrogen-bond acceptors (Lipinski definition) is 3. The van der Waals surface area contributed by atoms with Crippen molar-refractivity contribution in [2.75, 3.05) is 6.61 Å². The summed E-state index contributed by atoms with van der Waals surface area (Å²) in [7, 11) is 0. The molecule has 0 aliphatic rings. The molecule has 0 heterocycles. The second-order valence-electron chi connectivity index (χ2n) is 7.94. The Kier molecular flexibility index (Phi) is 7.27. The Balaban J connectivity index is 1.89. The van der Waals surface area contributed by atoms with E-state index in [9.17, 15) is 4.79 Å². The first-order valence-corrected chi connectivity index (χ1v) is 9.72. The molecule has 0 spiro atoms. The summed E-state index contributed by atoms with van der Waals surface area (Å²) in [6.45, 7) is 17.8. The fourth-order valence-electron chi connectivity index (χ4n) is 2.80. The van der Waals surface area contributed by atoms with Crippen LogP contribution in [0.15, 0.2) is 61.7 Å². The first kappa shape index (κ1) is 22.3. The van der Waals surface area contributed by atoms with Crippen LogP contribution in [0.1, 0.15) is 51.3 Å². The number of alkyl carbamates (subject to hydrolysis) is 1. The molecule has 2 aromatic rings. The molecule has 4 heteroatoms. The number of allylic oxidation sites excluding steroid dienone is 2. The molecule has 0 aromatic heterocycles. The van der Waals surface area contributed by atoms with Gasteiger partial charge in [-0.25, -0.2) is 4.79 Å². The van der Waals surface area contributed by atoms with Gasteiger partial charge < -0.3 is 14.8 Å². The van der Waals surface area contributed by atoms with Gasteiger partial charge in [0, 0.05) is 0 Å². The van der Waals surface area contributed by atoms with E-state index in [1.165, 1.54) is 0 Å². The lowest BCUT2D eigenvalue weighted by Crippen LogP contribution is -2.43. The van der Waals surface area contributed by atoms with Gasteiger partial charge in [0.1, 0.15) is 18.5 Å². The Morgan fingerprint density at radius 3 is 2.24 bits per heavy atom. The molecule has 2 rings (SSSR count). The summed E-state index contributed by atoms with van der Waals surface area (Å²) >= 11 is 0. The van der Waals surface area contributed by atoms with E-state index >= 15 is 0 Å². The van der Waals surface area contributed by atoms with Crippen molar-refractivity contribution < 1.29 is 14.3 Å². The number of amides is 1. The zero-order valence-electron chi connectivity index (χ0n) is 18.0. The smallest absolute Gasteiger partial charge is 0.408 e. The van der Waals surface area contributed by atoms with Crippen molar-refractivity contribution >= 4 is 17.2 Å². The fourth-order valence-corrected chi connectivity index (χ4v) is 2.80. The number of ether oxygens (including phenoxy) is 2. The third-order valence-electron chi connectivity index (χ3n) is 4.63. The minimum atomic E-state index is -0.582. The molecule has 0 saturated carbocycles. The summed E-state index contributed by atoms with van der Waals surface area (Å²) in [5, 5.41) is 2.93. The van der Waals surface area contributed by atoms with E-state index in [-0.39, 0.29) is 6.61 Å². The Morgan fingerprint density at radius 2 is 1.66 bits per heavy atom. The molecule has 1 N–H and O–H groups in total. The normalized spacial score (nSPS) is 12.0. The second-order valence-corrected chi connectivity index (χ2v) is 7.94. The number of hydrogen-bond donors (Lipinski definition) is 1. The number of carbonyl (C=O) groups excluding carboxylic acids is 1. The molecule has 4 nitrogen and oxygen atoms in total. The van der Waals surface area contributed by atoms with Crippen molar-refractivity contribution in [2.45, 2.75) is 46.3 Å². The average molecular weight is 394 g/mol. The van der Waals surface area contributed by atoms with Crippen molar-refractivity contribution in [3.8, 4) is 5.75 Å². The first-order chi connectivity index (χ1) is 13.6. The highest BCUT2D eigenvalue weighted by Crippen LogP contribution is 2.24. The number of benzene rings is 2. The van der Waals surface area contributed by atoms with Gasteiger partial charge in [-0.3, -0.25) is 0 Å². The zero-order chi connectivity index (χ0) is 21.6. The highest BCUT2D eigenvalue weighted by molar-refractivity contribution is 5.69. The summed E-state index contributed by atoms with van der Waals surface area (Å²) in [5.74, 6) is 0.725. The Labute approximate surface area is 174 Å². The molecular formula is C25H31NO3. The third kappa shape index (κ3) is 6.53. The number of nitrogens with one attached hydrogen (secondary N) is 1. The van der Waals surface area contributed by atoms with E-state index in [1.54, 1.807) is 6.92 Å². The van der Waals surface area contributed by atoms with E-state index in [1.807, 2.05) is 76.2 Å². The Hall–Kier alpha value is -3.01. The van der Waals surface area contributed by atoms with E-state index in [0.717, 1.165) is 33.6 Å². The van der Waals surface area contributed by atoms with Crippen LogP contribution in [-0.2, 0) is 10.3 Å². The molecule has 0 bridgehead atoms. The van der Waals surface area contributed by atoms with Gasteiger partial charge >= 0.3 is 6.09 Å². The molecule has 1 unspecified atom stereocenters. The van der Waals surface area contributed by atoms with Crippen LogP contribution in [-0.4, -0.2) is 18.8 Å². The molecule has 2 aromatic carbocycles. The lowest BCUT2D eigenvalue weighted by molar-refractivity contribution is 0.0696. The van der Waals surface area contributed by atoms with Gasteiger partial charge in [0.05, 0.1) is 5.54 Å². The summed E-state index contributed by atoms with van der Waals surface area (Å²) in [5.41, 5.74) is 4.50. The maximum absolute atomic E-state index is 12.4. The van der Waals surface area contributed by atoms with Gasteiger partial charge in [-0.15, -0.1) is 0 Å². The minimum absolute atomic E-state index is 0.269. The SMILES string of the molecule is C=C(C)c1ccc(OCC(C)OC(=O)NC(C)(C)c2cccc(C(=C)C)c2)cc1. The predicted molar refractivity (Wildman–Crippen MR) is 120 cm³/mol. The van der Waals surface area contributed by atoms with Crippen molar-refractivity contribution in [3.63, 3.8) is 0 Å². The van der Waals surface area contributed by atoms with Gasteiger partial charge in [0.2, 0.25) is 0 Å². The van der Waals surface area contributed by atoms with E-state index < -0.39 is 17.7 Å². The van der Waals surface area contributed by atoms with Gasteiger partial charge in [0.25, 0.3) is 0 Å². The summed E-state index contributed by atoms with van der Waals surface area (Å²) in [6.07, 6.45) is -0.877. The summed E-state index contributed by atoms with van der Waals surface area (Å²) < 4.78 is 11.2. The van der Waals surface area contributed by atoms with Gasteiger partial charge in [-0.2, -0.15) is 0 Å². The monoisotopic (exact) mass is 393 g/mol. The average Bonchev–Trinajstić information content (AvgIpc) is 2.66. The topological polar surface area (TPSA) is 47.6 Å². The van der Waals surface area contributed by atoms with Crippen LogP contribution in [0.5, 0.6) is 5.75 Å². The highest BCUT2D eigenvalue weighted by Gasteiger charge is 2.25. The van der Waals surface area contributed by atoms with Crippen LogP contribution in [0, 0.1) is 0 Å². The van der Waals surface area contributed by atoms with E-state index in [4.69, 9.17) is 9.47 Å². The quantitative estimate of drug-likeness (QED) is 0.582. The van der Waals surface area contributed by atoms with Crippen molar-refractivity contribution in [3.05, 3.63) is 78.4 Å². The summed E-state index contributed by atoms with van der Waals surface area (Å²) in [4.78, 5) is 12.4. The Bertz CT molecular complexity index is 881. The van der Waals surface area contributed by atoms with Crippen molar-refractivity contribution in [1.82, 2.24) is 5.32 Å². The molecule has 0 radical (unpaired) electrons. The van der Waals surface area contributed by atoms with Crippen LogP contribution in [0.2, 0.25) is 0 Å². The van der Waals surface area contributed by atoms with Crippen LogP contribution >= 0.6 is 0 Å². The van der Waals surface area contributed by atoms with Crippen molar-refractivity contribution in [2.24, 2.45) is 0 Å². The maximum atomic E-state index is 12.4. The molecule has 1 amide bonds. The second kappa shape index (κ2) is 9.46. The van der Waals surface area contributed by atoms with E-state index in [0.29, 0.717) is 0 Å². The van der Waals surface area contributed by atoms with Gasteiger partial charge in [-0.05, 0) is 69.5 Å². The predicted octanol–water partition coefficient (Wildman–Crippen LogP) is 6.18. The van der Waals surface area contributed by atoms with Crippen LogP contribution in [0.25, 0.3) is 11.1 Å². The lowest BCUT2D eigenvalue weighted by Gasteiger charge is -2.28. The fraction of sp³-hybridized carbons (Fsp3) is 0.320. The molecule has 0 aliphatic carbocycles. The molecule has 29 heavy (non-hydrogen) atoms. The van der Waals surface area contributed by atoms with Crippen molar-refractivity contribution in [1.29, 1.82) is 0 Å². The Morgan fingerprint density at radius 1 is 1.03 bits per heavy atom. The van der Waals surface area contributed by atoms with Crippen LogP contribution < -0.4 is 10.1 Å². The molecule has 1 atom stereocenters. The molecule has 154 valence electrons. The molecular weight excluding hydrogens is 362 g/mol. The third-order valence-corrected chi connectivity index (χ3v) is 4.63. The lowest BCUT2D eigenvalue weighted by atomic mass is 9.92. The van der Waals surface area contributed by atoms with Gasteiger partial charge in [0.15, 0.2) is 0 Å². The van der Waals surface area contributed by atoms with Gasteiger partial charge in [-0.1, -0.05) is 54.6 Å². The van der Waals surface area contributed by atoms with E-state index in [2.05, 4.69) is 18.5 Å². The highest BCUT2D eigenvalue weighted by atomic mass is 16.6. The minimum Gasteiger partial charge on any atom is -0.490 e. The zero-order valence-corrected chi connectivity index (χ0v) is 18.0. The molecule has 0 saturated heterocycles. The number of rotatable bonds is 8. The largest absolute Gasteiger partial charge is 0.490 e. The number of carbonyl (C=O) groups is 1. The summed E-state index contributed by atoms with van der Waals surface area (Å²) in [6, 6.07) is 15.7. The molecule has 0 fully saturated rings.